The van der Waals surface area contributed by atoms with Gasteiger partial charge in [-0.2, -0.15) is 0 Å². The second-order valence-corrected chi connectivity index (χ2v) is 4.08. The summed E-state index contributed by atoms with van der Waals surface area (Å²) in [5.41, 5.74) is 1.79. The minimum Gasteiger partial charge on any atom is -0.481 e. The third-order valence-corrected chi connectivity index (χ3v) is 2.51. The molecular formula is C13H17NO4. The molecule has 1 unspecified atom stereocenters. The predicted molar refractivity (Wildman–Crippen MR) is 67.7 cm³/mol. The summed E-state index contributed by atoms with van der Waals surface area (Å²) >= 11 is 0. The molecule has 0 heterocycles. The summed E-state index contributed by atoms with van der Waals surface area (Å²) in [4.78, 5) is 21.4. The second-order valence-electron chi connectivity index (χ2n) is 4.08. The molecule has 1 rings (SSSR count). The van der Waals surface area contributed by atoms with Crippen LogP contribution in [-0.4, -0.2) is 28.2 Å². The maximum absolute atomic E-state index is 10.9. The molecule has 0 radical (unpaired) electrons. The summed E-state index contributed by atoms with van der Waals surface area (Å²) in [6.45, 7) is 2.08. The van der Waals surface area contributed by atoms with Crippen LogP contribution in [0.5, 0.6) is 0 Å². The molecule has 98 valence electrons. The zero-order valence-electron chi connectivity index (χ0n) is 10.2. The number of hydrogen-bond donors (Lipinski definition) is 3. The highest BCUT2D eigenvalue weighted by Gasteiger charge is 2.20. The van der Waals surface area contributed by atoms with Crippen LogP contribution in [0.1, 0.15) is 25.3 Å². The van der Waals surface area contributed by atoms with Crippen LogP contribution in [0.4, 0.5) is 5.69 Å². The van der Waals surface area contributed by atoms with Gasteiger partial charge in [0.1, 0.15) is 6.04 Å². The van der Waals surface area contributed by atoms with Gasteiger partial charge in [0.05, 0.1) is 6.42 Å². The maximum Gasteiger partial charge on any atom is 0.326 e. The van der Waals surface area contributed by atoms with Crippen LogP contribution in [-0.2, 0) is 16.0 Å². The van der Waals surface area contributed by atoms with Crippen molar-refractivity contribution in [2.75, 3.05) is 5.32 Å². The van der Waals surface area contributed by atoms with Gasteiger partial charge in [-0.25, -0.2) is 4.79 Å². The highest BCUT2D eigenvalue weighted by atomic mass is 16.4. The van der Waals surface area contributed by atoms with Gasteiger partial charge < -0.3 is 15.5 Å². The molecule has 5 heteroatoms. The highest BCUT2D eigenvalue weighted by molar-refractivity contribution is 5.83. The Hall–Kier alpha value is -2.04. The van der Waals surface area contributed by atoms with Crippen molar-refractivity contribution in [3.8, 4) is 0 Å². The van der Waals surface area contributed by atoms with Crippen molar-refractivity contribution in [3.05, 3.63) is 29.8 Å². The molecule has 1 atom stereocenters. The van der Waals surface area contributed by atoms with E-state index in [9.17, 15) is 9.59 Å². The minimum absolute atomic E-state index is 0.452. The molecule has 0 aliphatic carbocycles. The summed E-state index contributed by atoms with van der Waals surface area (Å²) in [6.07, 6.45) is 1.56. The Kier molecular flexibility index (Phi) is 5.17. The number of rotatable bonds is 7. The fourth-order valence-electron chi connectivity index (χ4n) is 1.63. The van der Waals surface area contributed by atoms with E-state index in [-0.39, 0.29) is 0 Å². The van der Waals surface area contributed by atoms with Crippen molar-refractivity contribution >= 4 is 17.6 Å². The molecule has 0 fully saturated rings. The standard InChI is InChI=1S/C13H17NO4/c1-2-3-9-4-6-10(7-5-9)14-11(13(17)18)8-12(15)16/h4-7,11,14H,2-3,8H2,1H3,(H,15,16)(H,17,18). The average molecular weight is 251 g/mol. The number of aliphatic carboxylic acids is 2. The molecule has 5 nitrogen and oxygen atoms in total. The van der Waals surface area contributed by atoms with Crippen molar-refractivity contribution in [1.82, 2.24) is 0 Å². The van der Waals surface area contributed by atoms with E-state index in [0.29, 0.717) is 5.69 Å². The average Bonchev–Trinajstić information content (AvgIpc) is 2.30. The van der Waals surface area contributed by atoms with Crippen LogP contribution in [0.15, 0.2) is 24.3 Å². The fraction of sp³-hybridized carbons (Fsp3) is 0.385. The molecular weight excluding hydrogens is 234 g/mol. The zero-order valence-corrected chi connectivity index (χ0v) is 10.2. The van der Waals surface area contributed by atoms with Gasteiger partial charge >= 0.3 is 11.9 Å². The molecule has 0 saturated carbocycles. The quantitative estimate of drug-likeness (QED) is 0.689. The van der Waals surface area contributed by atoms with Gasteiger partial charge in [-0.1, -0.05) is 25.5 Å². The molecule has 0 aliphatic heterocycles. The summed E-state index contributed by atoms with van der Waals surface area (Å²) in [6, 6.07) is 6.24. The van der Waals surface area contributed by atoms with Gasteiger partial charge in [-0.05, 0) is 24.1 Å². The highest BCUT2D eigenvalue weighted by Crippen LogP contribution is 2.13. The van der Waals surface area contributed by atoms with Crippen LogP contribution < -0.4 is 5.32 Å². The second kappa shape index (κ2) is 6.64. The topological polar surface area (TPSA) is 86.6 Å². The molecule has 3 N–H and O–H groups in total. The van der Waals surface area contributed by atoms with E-state index in [0.717, 1.165) is 12.8 Å². The molecule has 18 heavy (non-hydrogen) atoms. The fourth-order valence-corrected chi connectivity index (χ4v) is 1.63. The van der Waals surface area contributed by atoms with E-state index < -0.39 is 24.4 Å². The summed E-state index contributed by atoms with van der Waals surface area (Å²) in [7, 11) is 0. The van der Waals surface area contributed by atoms with Gasteiger partial charge in [0.2, 0.25) is 0 Å². The number of carboxylic acids is 2. The number of benzene rings is 1. The zero-order chi connectivity index (χ0) is 13.5. The number of aryl methyl sites for hydroxylation is 1. The monoisotopic (exact) mass is 251 g/mol. The molecule has 0 aromatic heterocycles. The molecule has 0 amide bonds. The van der Waals surface area contributed by atoms with E-state index in [2.05, 4.69) is 12.2 Å². The SMILES string of the molecule is CCCc1ccc(NC(CC(=O)O)C(=O)O)cc1. The van der Waals surface area contributed by atoms with Gasteiger partial charge in [-0.3, -0.25) is 4.79 Å². The van der Waals surface area contributed by atoms with Crippen molar-refractivity contribution in [2.45, 2.75) is 32.2 Å². The first kappa shape index (κ1) is 14.0. The third kappa shape index (κ3) is 4.45. The third-order valence-electron chi connectivity index (χ3n) is 2.51. The van der Waals surface area contributed by atoms with Crippen LogP contribution in [0.3, 0.4) is 0 Å². The molecule has 0 bridgehead atoms. The smallest absolute Gasteiger partial charge is 0.326 e. The minimum atomic E-state index is -1.17. The Labute approximate surface area is 105 Å². The van der Waals surface area contributed by atoms with Crippen LogP contribution >= 0.6 is 0 Å². The largest absolute Gasteiger partial charge is 0.481 e. The first-order chi connectivity index (χ1) is 8.52. The molecule has 1 aromatic carbocycles. The van der Waals surface area contributed by atoms with Gasteiger partial charge in [0.25, 0.3) is 0 Å². The predicted octanol–water partition coefficient (Wildman–Crippen LogP) is 1.98. The van der Waals surface area contributed by atoms with Crippen molar-refractivity contribution in [3.63, 3.8) is 0 Å². The molecule has 0 aliphatic rings. The van der Waals surface area contributed by atoms with E-state index in [4.69, 9.17) is 10.2 Å². The Morgan fingerprint density at radius 2 is 1.83 bits per heavy atom. The van der Waals surface area contributed by atoms with E-state index in [1.807, 2.05) is 12.1 Å². The molecule has 0 saturated heterocycles. The van der Waals surface area contributed by atoms with E-state index in [1.165, 1.54) is 5.56 Å². The lowest BCUT2D eigenvalue weighted by atomic mass is 10.1. The number of anilines is 1. The summed E-state index contributed by atoms with van der Waals surface area (Å²) in [5.74, 6) is -2.31. The molecule has 0 spiro atoms. The van der Waals surface area contributed by atoms with E-state index >= 15 is 0 Å². The van der Waals surface area contributed by atoms with Crippen LogP contribution in [0, 0.1) is 0 Å². The van der Waals surface area contributed by atoms with Crippen LogP contribution in [0.2, 0.25) is 0 Å². The molecule has 1 aromatic rings. The maximum atomic E-state index is 10.9. The normalized spacial score (nSPS) is 11.8. The summed E-state index contributed by atoms with van der Waals surface area (Å²) < 4.78 is 0. The lowest BCUT2D eigenvalue weighted by Crippen LogP contribution is -2.31. The van der Waals surface area contributed by atoms with Crippen molar-refractivity contribution < 1.29 is 19.8 Å². The summed E-state index contributed by atoms with van der Waals surface area (Å²) in [5, 5.41) is 20.2. The number of nitrogens with one attached hydrogen (secondary N) is 1. The number of carbonyl (C=O) groups is 2. The van der Waals surface area contributed by atoms with Gasteiger partial charge in [0.15, 0.2) is 0 Å². The number of hydrogen-bond acceptors (Lipinski definition) is 3. The van der Waals surface area contributed by atoms with Crippen molar-refractivity contribution in [1.29, 1.82) is 0 Å². The van der Waals surface area contributed by atoms with Crippen LogP contribution in [0.25, 0.3) is 0 Å². The van der Waals surface area contributed by atoms with Gasteiger partial charge in [0, 0.05) is 5.69 Å². The lowest BCUT2D eigenvalue weighted by Gasteiger charge is -2.14. The number of carboxylic acid groups (broad SMARTS) is 2. The first-order valence-corrected chi connectivity index (χ1v) is 5.83. The lowest BCUT2D eigenvalue weighted by molar-refractivity contribution is -0.144. The Morgan fingerprint density at radius 1 is 1.22 bits per heavy atom. The Balaban J connectivity index is 2.68. The van der Waals surface area contributed by atoms with E-state index in [1.54, 1.807) is 12.1 Å². The van der Waals surface area contributed by atoms with Gasteiger partial charge in [-0.15, -0.1) is 0 Å². The Bertz CT molecular complexity index is 414. The first-order valence-electron chi connectivity index (χ1n) is 5.83. The Morgan fingerprint density at radius 3 is 2.28 bits per heavy atom. The van der Waals surface area contributed by atoms with Crippen molar-refractivity contribution in [2.24, 2.45) is 0 Å².